The van der Waals surface area contributed by atoms with Crippen molar-refractivity contribution in [1.82, 2.24) is 15.1 Å². The fourth-order valence-electron chi connectivity index (χ4n) is 4.66. The van der Waals surface area contributed by atoms with Gasteiger partial charge < -0.3 is 10.2 Å². The van der Waals surface area contributed by atoms with Gasteiger partial charge >= 0.3 is 6.03 Å². The lowest BCUT2D eigenvalue weighted by molar-refractivity contribution is -0.0171. The van der Waals surface area contributed by atoms with E-state index >= 15 is 0 Å². The number of nitrogens with one attached hydrogen (secondary N) is 1. The maximum absolute atomic E-state index is 13.6. The van der Waals surface area contributed by atoms with E-state index in [-0.39, 0.29) is 17.5 Å². The van der Waals surface area contributed by atoms with Crippen LogP contribution >= 0.6 is 0 Å². The molecule has 3 unspecified atom stereocenters. The molecular weight excluding hydrogens is 305 g/mol. The summed E-state index contributed by atoms with van der Waals surface area (Å²) in [5.41, 5.74) is -0.951. The topological polar surface area (TPSA) is 35.6 Å². The molecule has 3 rings (SSSR count). The molecule has 0 aromatic heterocycles. The molecule has 138 valence electrons. The summed E-state index contributed by atoms with van der Waals surface area (Å²) < 4.78 is 13.6. The van der Waals surface area contributed by atoms with Crippen molar-refractivity contribution in [1.29, 1.82) is 0 Å². The van der Waals surface area contributed by atoms with Crippen LogP contribution in [0.25, 0.3) is 0 Å². The maximum Gasteiger partial charge on any atom is 0.317 e. The summed E-state index contributed by atoms with van der Waals surface area (Å²) in [7, 11) is 0. The van der Waals surface area contributed by atoms with Crippen LogP contribution in [0.1, 0.15) is 60.3 Å². The van der Waals surface area contributed by atoms with Crippen molar-refractivity contribution in [3.63, 3.8) is 0 Å². The largest absolute Gasteiger partial charge is 0.332 e. The number of alkyl halides is 1. The van der Waals surface area contributed by atoms with Gasteiger partial charge in [0, 0.05) is 43.6 Å². The zero-order valence-corrected chi connectivity index (χ0v) is 15.9. The van der Waals surface area contributed by atoms with Crippen molar-refractivity contribution in [2.24, 2.45) is 11.3 Å². The van der Waals surface area contributed by atoms with Crippen LogP contribution in [0.4, 0.5) is 9.18 Å². The van der Waals surface area contributed by atoms with Crippen LogP contribution in [0.5, 0.6) is 0 Å². The van der Waals surface area contributed by atoms with Crippen molar-refractivity contribution in [2.45, 2.75) is 84.1 Å². The third kappa shape index (κ3) is 3.42. The number of carbonyl (C=O) groups excluding carboxylic acids is 1. The summed E-state index contributed by atoms with van der Waals surface area (Å²) in [6.45, 7) is 13.5. The molecule has 2 aliphatic heterocycles. The summed E-state index contributed by atoms with van der Waals surface area (Å²) in [5.74, 6) is 0.666. The Balaban J connectivity index is 1.58. The molecule has 1 N–H and O–H groups in total. The molecule has 2 amide bonds. The predicted molar refractivity (Wildman–Crippen MR) is 94.8 cm³/mol. The van der Waals surface area contributed by atoms with Gasteiger partial charge in [-0.1, -0.05) is 20.3 Å². The second-order valence-electron chi connectivity index (χ2n) is 9.31. The second kappa shape index (κ2) is 6.15. The minimum Gasteiger partial charge on any atom is -0.332 e. The third-order valence-corrected chi connectivity index (χ3v) is 6.39. The lowest BCUT2D eigenvalue weighted by Crippen LogP contribution is -2.65. The summed E-state index contributed by atoms with van der Waals surface area (Å²) in [6, 6.07) is 0.820. The molecule has 4 nitrogen and oxygen atoms in total. The first-order chi connectivity index (χ1) is 11.1. The first kappa shape index (κ1) is 18.0. The van der Waals surface area contributed by atoms with E-state index < -0.39 is 5.67 Å². The van der Waals surface area contributed by atoms with Crippen LogP contribution in [-0.2, 0) is 0 Å². The number of nitrogens with zero attached hydrogens (tertiary/aromatic N) is 2. The number of halogens is 1. The molecule has 1 aliphatic carbocycles. The van der Waals surface area contributed by atoms with Gasteiger partial charge in [0.2, 0.25) is 0 Å². The Kier molecular flexibility index (Phi) is 4.61. The fraction of sp³-hybridized carbons (Fsp3) is 0.947. The van der Waals surface area contributed by atoms with Crippen LogP contribution in [0.3, 0.4) is 0 Å². The Morgan fingerprint density at radius 2 is 1.83 bits per heavy atom. The third-order valence-electron chi connectivity index (χ3n) is 6.39. The molecule has 3 fully saturated rings. The van der Waals surface area contributed by atoms with Gasteiger partial charge in [0.25, 0.3) is 0 Å². The van der Waals surface area contributed by atoms with Crippen molar-refractivity contribution in [3.05, 3.63) is 0 Å². The summed E-state index contributed by atoms with van der Waals surface area (Å²) in [5, 5.41) is 2.84. The lowest BCUT2D eigenvalue weighted by atomic mass is 9.76. The Labute approximate surface area is 146 Å². The molecule has 24 heavy (non-hydrogen) atoms. The summed E-state index contributed by atoms with van der Waals surface area (Å²) in [4.78, 5) is 16.8. The molecule has 1 spiro atoms. The van der Waals surface area contributed by atoms with Crippen LogP contribution in [-0.4, -0.2) is 59.3 Å². The Morgan fingerprint density at radius 3 is 2.33 bits per heavy atom. The minimum atomic E-state index is -1.19. The number of rotatable bonds is 3. The smallest absolute Gasteiger partial charge is 0.317 e. The molecule has 5 heteroatoms. The zero-order chi connectivity index (χ0) is 17.7. The van der Waals surface area contributed by atoms with Crippen molar-refractivity contribution < 1.29 is 9.18 Å². The molecule has 0 bridgehead atoms. The van der Waals surface area contributed by atoms with E-state index in [0.29, 0.717) is 24.4 Å². The zero-order valence-electron chi connectivity index (χ0n) is 15.9. The van der Waals surface area contributed by atoms with E-state index in [1.54, 1.807) is 6.92 Å². The Bertz CT molecular complexity index is 485. The number of hydrogen-bond acceptors (Lipinski definition) is 2. The monoisotopic (exact) mass is 339 g/mol. The molecule has 1 saturated carbocycles. The van der Waals surface area contributed by atoms with E-state index in [1.165, 1.54) is 19.3 Å². The normalized spacial score (nSPS) is 35.9. The highest BCUT2D eigenvalue weighted by atomic mass is 19.1. The van der Waals surface area contributed by atoms with E-state index in [2.05, 4.69) is 37.9 Å². The van der Waals surface area contributed by atoms with E-state index in [1.807, 2.05) is 4.90 Å². The van der Waals surface area contributed by atoms with Crippen molar-refractivity contribution in [2.75, 3.05) is 19.6 Å². The van der Waals surface area contributed by atoms with Crippen molar-refractivity contribution >= 4 is 6.03 Å². The van der Waals surface area contributed by atoms with E-state index in [4.69, 9.17) is 0 Å². The molecule has 0 aromatic carbocycles. The molecule has 3 atom stereocenters. The van der Waals surface area contributed by atoms with Crippen LogP contribution < -0.4 is 5.32 Å². The first-order valence-electron chi connectivity index (χ1n) is 9.64. The second-order valence-corrected chi connectivity index (χ2v) is 9.31. The average Bonchev–Trinajstić information content (AvgIpc) is 3.09. The predicted octanol–water partition coefficient (Wildman–Crippen LogP) is 3.42. The number of urea groups is 1. The quantitative estimate of drug-likeness (QED) is 0.855. The van der Waals surface area contributed by atoms with E-state index in [0.717, 1.165) is 19.6 Å². The van der Waals surface area contributed by atoms with Gasteiger partial charge in [0.1, 0.15) is 5.67 Å². The number of hydrogen-bond donors (Lipinski definition) is 1. The molecule has 2 saturated heterocycles. The van der Waals surface area contributed by atoms with Crippen LogP contribution in [0, 0.1) is 11.3 Å². The van der Waals surface area contributed by atoms with Crippen LogP contribution in [0.15, 0.2) is 0 Å². The van der Waals surface area contributed by atoms with Crippen molar-refractivity contribution in [3.8, 4) is 0 Å². The Morgan fingerprint density at radius 1 is 1.21 bits per heavy atom. The highest BCUT2D eigenvalue weighted by Gasteiger charge is 2.54. The minimum absolute atomic E-state index is 0.0762. The van der Waals surface area contributed by atoms with E-state index in [9.17, 15) is 9.18 Å². The van der Waals surface area contributed by atoms with Gasteiger partial charge in [-0.25, -0.2) is 9.18 Å². The summed E-state index contributed by atoms with van der Waals surface area (Å²) in [6.07, 6.45) is 4.15. The lowest BCUT2D eigenvalue weighted by Gasteiger charge is -2.52. The highest BCUT2D eigenvalue weighted by molar-refractivity contribution is 5.76. The first-order valence-corrected chi connectivity index (χ1v) is 9.64. The summed E-state index contributed by atoms with van der Waals surface area (Å²) >= 11 is 0. The maximum atomic E-state index is 13.6. The fourth-order valence-corrected chi connectivity index (χ4v) is 4.66. The van der Waals surface area contributed by atoms with Gasteiger partial charge in [-0.3, -0.25) is 4.90 Å². The van der Waals surface area contributed by atoms with Gasteiger partial charge in [-0.15, -0.1) is 0 Å². The Hall–Kier alpha value is -0.840. The van der Waals surface area contributed by atoms with Gasteiger partial charge in [-0.05, 0) is 39.5 Å². The standard InChI is InChI=1S/C19H34FN3O/c1-13(2)15-7-6-8-19(12-23(15)14(3)4)10-22(11-19)17(24)21-16-9-18(16,5)20/h13-16H,6-12H2,1-5H3,(H,21,24). The SMILES string of the molecule is CC(C)C1CCCC2(CN(C(=O)NC3CC3(C)F)C2)CN1C(C)C. The average molecular weight is 339 g/mol. The molecule has 2 heterocycles. The molecule has 0 radical (unpaired) electrons. The van der Waals surface area contributed by atoms with Crippen LogP contribution in [0.2, 0.25) is 0 Å². The molecular formula is C19H34FN3O. The van der Waals surface area contributed by atoms with Gasteiger partial charge in [0.15, 0.2) is 0 Å². The number of amides is 2. The highest BCUT2D eigenvalue weighted by Crippen LogP contribution is 2.43. The number of carbonyl (C=O) groups is 1. The molecule has 3 aliphatic rings. The van der Waals surface area contributed by atoms with Gasteiger partial charge in [0.05, 0.1) is 6.04 Å². The van der Waals surface area contributed by atoms with Gasteiger partial charge in [-0.2, -0.15) is 0 Å². The number of likely N-dealkylation sites (tertiary alicyclic amines) is 2. The molecule has 0 aromatic rings.